The first-order valence-corrected chi connectivity index (χ1v) is 8.46. The zero-order valence-electron chi connectivity index (χ0n) is 12.2. The largest absolute Gasteiger partial charge is 0.379 e. The Hall–Kier alpha value is -0.700. The van der Waals surface area contributed by atoms with Crippen LogP contribution in [0.1, 0.15) is 42.7 Å². The molecule has 0 amide bonds. The van der Waals surface area contributed by atoms with Gasteiger partial charge in [-0.2, -0.15) is 0 Å². The molecule has 0 N–H and O–H groups in total. The third-order valence-corrected chi connectivity index (χ3v) is 5.72. The lowest BCUT2D eigenvalue weighted by atomic mass is 10.1. The van der Waals surface area contributed by atoms with Crippen LogP contribution in [0.2, 0.25) is 0 Å². The molecule has 0 fully saturated rings. The Kier molecular flexibility index (Phi) is 4.44. The summed E-state index contributed by atoms with van der Waals surface area (Å²) >= 11 is 0. The van der Waals surface area contributed by atoms with Crippen LogP contribution < -0.4 is 5.44 Å². The molecule has 0 saturated heterocycles. The van der Waals surface area contributed by atoms with Gasteiger partial charge in [-0.3, -0.25) is 4.57 Å². The molecule has 1 aromatic rings. The van der Waals surface area contributed by atoms with Crippen LogP contribution in [0.5, 0.6) is 0 Å². The molecule has 1 aromatic heterocycles. The van der Waals surface area contributed by atoms with E-state index in [1.807, 2.05) is 27.7 Å². The van der Waals surface area contributed by atoms with E-state index in [1.54, 1.807) is 0 Å². The summed E-state index contributed by atoms with van der Waals surface area (Å²) < 4.78 is 23.7. The van der Waals surface area contributed by atoms with Crippen LogP contribution >= 0.6 is 7.60 Å². The maximum Gasteiger partial charge on any atom is 0.379 e. The van der Waals surface area contributed by atoms with E-state index in [2.05, 4.69) is 4.98 Å². The lowest BCUT2D eigenvalue weighted by molar-refractivity contribution is 0.229. The third-order valence-electron chi connectivity index (χ3n) is 3.57. The van der Waals surface area contributed by atoms with Gasteiger partial charge in [0.1, 0.15) is 0 Å². The minimum absolute atomic E-state index is 0.356. The highest BCUT2D eigenvalue weighted by Crippen LogP contribution is 2.48. The van der Waals surface area contributed by atoms with Crippen molar-refractivity contribution < 1.29 is 13.6 Å². The van der Waals surface area contributed by atoms with Crippen LogP contribution in [0, 0.1) is 13.8 Å². The highest BCUT2D eigenvalue weighted by atomic mass is 31.2. The normalized spacial score (nSPS) is 14.7. The van der Waals surface area contributed by atoms with Gasteiger partial charge in [-0.25, -0.2) is 4.98 Å². The van der Waals surface area contributed by atoms with Crippen molar-refractivity contribution >= 4 is 13.0 Å². The van der Waals surface area contributed by atoms with Crippen LogP contribution in [0.3, 0.4) is 0 Å². The zero-order valence-corrected chi connectivity index (χ0v) is 13.0. The van der Waals surface area contributed by atoms with Gasteiger partial charge in [0.15, 0.2) is 5.44 Å². The van der Waals surface area contributed by atoms with Crippen molar-refractivity contribution in [3.63, 3.8) is 0 Å². The van der Waals surface area contributed by atoms with E-state index in [1.165, 1.54) is 11.1 Å². The number of aryl methyl sites for hydroxylation is 1. The Morgan fingerprint density at radius 1 is 1.11 bits per heavy atom. The first-order valence-electron chi connectivity index (χ1n) is 6.92. The maximum atomic E-state index is 12.9. The number of nitrogens with zero attached hydrogens (tertiary/aromatic N) is 1. The zero-order chi connectivity index (χ0) is 14.0. The summed E-state index contributed by atoms with van der Waals surface area (Å²) in [5, 5.41) is 0. The molecule has 0 bridgehead atoms. The fraction of sp³-hybridized carbons (Fsp3) is 0.643. The Morgan fingerprint density at radius 3 is 2.26 bits per heavy atom. The minimum atomic E-state index is -3.28. The molecule has 1 aliphatic rings. The van der Waals surface area contributed by atoms with Crippen LogP contribution in [0.4, 0.5) is 0 Å². The molecule has 19 heavy (non-hydrogen) atoms. The Balaban J connectivity index is 2.55. The van der Waals surface area contributed by atoms with Gasteiger partial charge in [-0.05, 0) is 63.6 Å². The predicted molar refractivity (Wildman–Crippen MR) is 76.2 cm³/mol. The summed E-state index contributed by atoms with van der Waals surface area (Å²) in [6.07, 6.45) is 3.26. The topological polar surface area (TPSA) is 48.4 Å². The smallest absolute Gasteiger partial charge is 0.304 e. The molecule has 0 atom stereocenters. The molecule has 2 rings (SSSR count). The Labute approximate surface area is 115 Å². The standard InChI is InChI=1S/C14H22NO3P/c1-5-17-19(16,18-6-2)14-10(3)12-8-7-9-13(12)11(4)15-14/h5-9H2,1-4H3. The molecule has 0 radical (unpaired) electrons. The van der Waals surface area contributed by atoms with Gasteiger partial charge in [0.2, 0.25) is 0 Å². The van der Waals surface area contributed by atoms with Gasteiger partial charge in [0.05, 0.1) is 13.2 Å². The summed E-state index contributed by atoms with van der Waals surface area (Å²) in [7, 11) is -3.28. The highest BCUT2D eigenvalue weighted by Gasteiger charge is 2.33. The van der Waals surface area contributed by atoms with Crippen molar-refractivity contribution in [2.24, 2.45) is 0 Å². The van der Waals surface area contributed by atoms with Crippen molar-refractivity contribution in [3.05, 3.63) is 22.4 Å². The number of rotatable bonds is 5. The van der Waals surface area contributed by atoms with Crippen molar-refractivity contribution in [2.75, 3.05) is 13.2 Å². The van der Waals surface area contributed by atoms with Crippen molar-refractivity contribution in [1.29, 1.82) is 0 Å². The lowest BCUT2D eigenvalue weighted by Gasteiger charge is -2.20. The second kappa shape index (κ2) is 5.74. The molecule has 4 nitrogen and oxygen atoms in total. The van der Waals surface area contributed by atoms with E-state index < -0.39 is 7.60 Å². The number of hydrogen-bond acceptors (Lipinski definition) is 4. The molecule has 0 spiro atoms. The van der Waals surface area contributed by atoms with E-state index in [-0.39, 0.29) is 0 Å². The monoisotopic (exact) mass is 283 g/mol. The van der Waals surface area contributed by atoms with Gasteiger partial charge in [-0.1, -0.05) is 0 Å². The van der Waals surface area contributed by atoms with E-state index in [0.717, 1.165) is 30.5 Å². The Morgan fingerprint density at radius 2 is 1.68 bits per heavy atom. The molecule has 0 aliphatic heterocycles. The van der Waals surface area contributed by atoms with E-state index >= 15 is 0 Å². The summed E-state index contributed by atoms with van der Waals surface area (Å²) in [5.41, 5.74) is 5.08. The highest BCUT2D eigenvalue weighted by molar-refractivity contribution is 7.62. The Bertz CT molecular complexity index is 518. The summed E-state index contributed by atoms with van der Waals surface area (Å²) in [6.45, 7) is 8.32. The summed E-state index contributed by atoms with van der Waals surface area (Å²) in [5.74, 6) is 0. The van der Waals surface area contributed by atoms with Crippen molar-refractivity contribution in [1.82, 2.24) is 4.98 Å². The quantitative estimate of drug-likeness (QED) is 0.779. The van der Waals surface area contributed by atoms with Crippen molar-refractivity contribution in [3.8, 4) is 0 Å². The molecular formula is C14H22NO3P. The van der Waals surface area contributed by atoms with Crippen LogP contribution in [0.15, 0.2) is 0 Å². The molecule has 5 heteroatoms. The first kappa shape index (κ1) is 14.7. The molecule has 0 aromatic carbocycles. The molecule has 1 heterocycles. The van der Waals surface area contributed by atoms with Crippen LogP contribution in [-0.2, 0) is 26.5 Å². The molecule has 0 unspecified atom stereocenters. The molecular weight excluding hydrogens is 261 g/mol. The van der Waals surface area contributed by atoms with Crippen LogP contribution in [-0.4, -0.2) is 18.2 Å². The molecule has 0 saturated carbocycles. The van der Waals surface area contributed by atoms with E-state index in [0.29, 0.717) is 18.6 Å². The maximum absolute atomic E-state index is 12.9. The average Bonchev–Trinajstić information content (AvgIpc) is 2.84. The van der Waals surface area contributed by atoms with Gasteiger partial charge in [0.25, 0.3) is 0 Å². The summed E-state index contributed by atoms with van der Waals surface area (Å²) in [6, 6.07) is 0. The van der Waals surface area contributed by atoms with Crippen LogP contribution in [0.25, 0.3) is 0 Å². The molecule has 106 valence electrons. The van der Waals surface area contributed by atoms with E-state index in [4.69, 9.17) is 9.05 Å². The van der Waals surface area contributed by atoms with Gasteiger partial charge >= 0.3 is 7.60 Å². The fourth-order valence-electron chi connectivity index (χ4n) is 2.77. The number of pyridine rings is 1. The van der Waals surface area contributed by atoms with Crippen molar-refractivity contribution in [2.45, 2.75) is 47.0 Å². The first-order chi connectivity index (χ1) is 9.03. The van der Waals surface area contributed by atoms with Gasteiger partial charge < -0.3 is 9.05 Å². The number of hydrogen-bond donors (Lipinski definition) is 0. The van der Waals surface area contributed by atoms with E-state index in [9.17, 15) is 4.57 Å². The minimum Gasteiger partial charge on any atom is -0.304 e. The molecule has 1 aliphatic carbocycles. The van der Waals surface area contributed by atoms with Gasteiger partial charge in [-0.15, -0.1) is 0 Å². The predicted octanol–water partition coefficient (Wildman–Crippen LogP) is 3.08. The average molecular weight is 283 g/mol. The second-order valence-electron chi connectivity index (χ2n) is 4.79. The second-order valence-corrected chi connectivity index (χ2v) is 6.72. The van der Waals surface area contributed by atoms with Gasteiger partial charge in [0, 0.05) is 5.69 Å². The third kappa shape index (κ3) is 2.62. The number of fused-ring (bicyclic) bond motifs is 1. The lowest BCUT2D eigenvalue weighted by Crippen LogP contribution is -2.21. The fourth-order valence-corrected chi connectivity index (χ4v) is 4.59. The summed E-state index contributed by atoms with van der Waals surface area (Å²) in [4.78, 5) is 4.54. The number of aromatic nitrogens is 1. The SMILES string of the molecule is CCOP(=O)(OCC)c1nc(C)c2c(c1C)CCC2.